The first kappa shape index (κ1) is 19.8. The van der Waals surface area contributed by atoms with Gasteiger partial charge in [0.25, 0.3) is 0 Å². The van der Waals surface area contributed by atoms with Crippen LogP contribution in [0.15, 0.2) is 48.5 Å². The van der Waals surface area contributed by atoms with E-state index in [-0.39, 0.29) is 12.2 Å². The fourth-order valence-electron chi connectivity index (χ4n) is 3.19. The highest BCUT2D eigenvalue weighted by Gasteiger charge is 2.27. The van der Waals surface area contributed by atoms with E-state index in [9.17, 15) is 4.79 Å². The van der Waals surface area contributed by atoms with E-state index in [4.69, 9.17) is 14.7 Å². The maximum Gasteiger partial charge on any atom is 0.410 e. The van der Waals surface area contributed by atoms with Crippen LogP contribution in [0.25, 0.3) is 11.1 Å². The van der Waals surface area contributed by atoms with E-state index in [0.29, 0.717) is 18.7 Å². The van der Waals surface area contributed by atoms with Crippen LogP contribution in [-0.4, -0.2) is 35.8 Å². The summed E-state index contributed by atoms with van der Waals surface area (Å²) in [5, 5.41) is 9.09. The van der Waals surface area contributed by atoms with Crippen LogP contribution in [0.5, 0.6) is 5.75 Å². The van der Waals surface area contributed by atoms with Crippen molar-refractivity contribution in [3.8, 4) is 22.9 Å². The number of likely N-dealkylation sites (tertiary alicyclic amines) is 1. The Morgan fingerprint density at radius 1 is 1.07 bits per heavy atom. The Labute approximate surface area is 166 Å². The van der Waals surface area contributed by atoms with Gasteiger partial charge in [0.05, 0.1) is 11.6 Å². The zero-order valence-electron chi connectivity index (χ0n) is 16.6. The highest BCUT2D eigenvalue weighted by atomic mass is 16.6. The van der Waals surface area contributed by atoms with Crippen LogP contribution in [0.2, 0.25) is 0 Å². The first-order chi connectivity index (χ1) is 13.3. The quantitative estimate of drug-likeness (QED) is 0.754. The number of hydrogen-bond donors (Lipinski definition) is 0. The standard InChI is InChI=1S/C23H26N2O3/c1-23(2,3)28-22(26)25-12-10-20(11-13-25)27-21-9-5-8-19(15-21)18-7-4-6-17(14-18)16-24/h4-9,14-15,20H,10-13H2,1-3H3. The molecule has 1 saturated heterocycles. The summed E-state index contributed by atoms with van der Waals surface area (Å²) >= 11 is 0. The summed E-state index contributed by atoms with van der Waals surface area (Å²) in [6.07, 6.45) is 1.35. The summed E-state index contributed by atoms with van der Waals surface area (Å²) < 4.78 is 11.6. The number of nitrogens with zero attached hydrogens (tertiary/aromatic N) is 2. The number of carbonyl (C=O) groups excluding carboxylic acids is 1. The van der Waals surface area contributed by atoms with E-state index in [1.807, 2.05) is 63.2 Å². The van der Waals surface area contributed by atoms with E-state index in [0.717, 1.165) is 29.7 Å². The second-order valence-electron chi connectivity index (χ2n) is 8.01. The molecule has 0 bridgehead atoms. The van der Waals surface area contributed by atoms with Gasteiger partial charge in [-0.2, -0.15) is 5.26 Å². The highest BCUT2D eigenvalue weighted by molar-refractivity contribution is 5.68. The summed E-state index contributed by atoms with van der Waals surface area (Å²) in [4.78, 5) is 13.9. The third-order valence-electron chi connectivity index (χ3n) is 4.56. The minimum absolute atomic E-state index is 0.0689. The lowest BCUT2D eigenvalue weighted by Crippen LogP contribution is -2.44. The molecule has 0 spiro atoms. The van der Waals surface area contributed by atoms with Crippen molar-refractivity contribution in [1.82, 2.24) is 4.90 Å². The molecule has 3 rings (SSSR count). The Bertz CT molecular complexity index is 872. The van der Waals surface area contributed by atoms with Gasteiger partial charge in [0, 0.05) is 25.9 Å². The lowest BCUT2D eigenvalue weighted by Gasteiger charge is -2.33. The molecule has 0 radical (unpaired) electrons. The van der Waals surface area contributed by atoms with Crippen molar-refractivity contribution in [3.05, 3.63) is 54.1 Å². The lowest BCUT2D eigenvalue weighted by molar-refractivity contribution is 0.0126. The predicted molar refractivity (Wildman–Crippen MR) is 108 cm³/mol. The van der Waals surface area contributed by atoms with Crippen LogP contribution in [0.1, 0.15) is 39.2 Å². The fraction of sp³-hybridized carbons (Fsp3) is 0.391. The summed E-state index contributed by atoms with van der Waals surface area (Å²) in [7, 11) is 0. The number of carbonyl (C=O) groups is 1. The van der Waals surface area contributed by atoms with Gasteiger partial charge in [-0.15, -0.1) is 0 Å². The van der Waals surface area contributed by atoms with Crippen molar-refractivity contribution in [1.29, 1.82) is 5.26 Å². The van der Waals surface area contributed by atoms with Crippen molar-refractivity contribution in [2.24, 2.45) is 0 Å². The molecule has 1 aliphatic heterocycles. The zero-order valence-corrected chi connectivity index (χ0v) is 16.6. The molecule has 5 nitrogen and oxygen atoms in total. The normalized spacial score (nSPS) is 15.0. The van der Waals surface area contributed by atoms with Gasteiger partial charge in [0.15, 0.2) is 0 Å². The molecule has 1 aliphatic rings. The van der Waals surface area contributed by atoms with E-state index >= 15 is 0 Å². The zero-order chi connectivity index (χ0) is 20.1. The summed E-state index contributed by atoms with van der Waals surface area (Å²) in [6, 6.07) is 17.6. The molecular formula is C23H26N2O3. The van der Waals surface area contributed by atoms with Crippen molar-refractivity contribution < 1.29 is 14.3 Å². The number of amides is 1. The van der Waals surface area contributed by atoms with Crippen LogP contribution < -0.4 is 4.74 Å². The number of ether oxygens (including phenoxy) is 2. The van der Waals surface area contributed by atoms with E-state index < -0.39 is 5.60 Å². The van der Waals surface area contributed by atoms with Gasteiger partial charge < -0.3 is 14.4 Å². The molecule has 0 aromatic heterocycles. The van der Waals surface area contributed by atoms with Gasteiger partial charge in [-0.3, -0.25) is 0 Å². The van der Waals surface area contributed by atoms with Gasteiger partial charge in [-0.05, 0) is 56.2 Å². The average molecular weight is 378 g/mol. The molecule has 146 valence electrons. The molecule has 1 amide bonds. The second kappa shape index (κ2) is 8.35. The Kier molecular flexibility index (Phi) is 5.89. The minimum Gasteiger partial charge on any atom is -0.490 e. The van der Waals surface area contributed by atoms with E-state index in [1.165, 1.54) is 0 Å². The third-order valence-corrected chi connectivity index (χ3v) is 4.56. The topological polar surface area (TPSA) is 62.6 Å². The van der Waals surface area contributed by atoms with Gasteiger partial charge in [-0.1, -0.05) is 24.3 Å². The maximum atomic E-state index is 12.2. The van der Waals surface area contributed by atoms with E-state index in [2.05, 4.69) is 6.07 Å². The maximum absolute atomic E-state index is 12.2. The molecule has 1 heterocycles. The van der Waals surface area contributed by atoms with Crippen LogP contribution in [0, 0.1) is 11.3 Å². The van der Waals surface area contributed by atoms with E-state index in [1.54, 1.807) is 11.0 Å². The molecule has 1 fully saturated rings. The lowest BCUT2D eigenvalue weighted by atomic mass is 10.0. The van der Waals surface area contributed by atoms with Crippen molar-refractivity contribution >= 4 is 6.09 Å². The first-order valence-corrected chi connectivity index (χ1v) is 9.59. The molecule has 0 atom stereocenters. The Morgan fingerprint density at radius 3 is 2.36 bits per heavy atom. The molecule has 0 aliphatic carbocycles. The average Bonchev–Trinajstić information content (AvgIpc) is 2.67. The van der Waals surface area contributed by atoms with Crippen molar-refractivity contribution in [3.63, 3.8) is 0 Å². The van der Waals surface area contributed by atoms with Crippen LogP contribution in [0.3, 0.4) is 0 Å². The molecule has 0 saturated carbocycles. The SMILES string of the molecule is CC(C)(C)OC(=O)N1CCC(Oc2cccc(-c3cccc(C#N)c3)c2)CC1. The third kappa shape index (κ3) is 5.26. The molecule has 0 N–H and O–H groups in total. The van der Waals surface area contributed by atoms with Crippen molar-refractivity contribution in [2.75, 3.05) is 13.1 Å². The monoisotopic (exact) mass is 378 g/mol. The number of rotatable bonds is 3. The predicted octanol–water partition coefficient (Wildman–Crippen LogP) is 5.00. The molecular weight excluding hydrogens is 352 g/mol. The smallest absolute Gasteiger partial charge is 0.410 e. The minimum atomic E-state index is -0.478. The van der Waals surface area contributed by atoms with Gasteiger partial charge in [-0.25, -0.2) is 4.79 Å². The molecule has 28 heavy (non-hydrogen) atoms. The van der Waals surface area contributed by atoms with Gasteiger partial charge in [0.1, 0.15) is 17.5 Å². The Morgan fingerprint density at radius 2 is 1.71 bits per heavy atom. The summed E-state index contributed by atoms with van der Waals surface area (Å²) in [5.41, 5.74) is 2.16. The molecule has 0 unspecified atom stereocenters. The van der Waals surface area contributed by atoms with Crippen molar-refractivity contribution in [2.45, 2.75) is 45.3 Å². The van der Waals surface area contributed by atoms with Crippen LogP contribution >= 0.6 is 0 Å². The highest BCUT2D eigenvalue weighted by Crippen LogP contribution is 2.27. The molecule has 5 heteroatoms. The second-order valence-corrected chi connectivity index (χ2v) is 8.01. The van der Waals surface area contributed by atoms with Gasteiger partial charge in [0.2, 0.25) is 0 Å². The summed E-state index contributed by atoms with van der Waals surface area (Å²) in [6.45, 7) is 6.88. The number of nitriles is 1. The number of benzene rings is 2. The van der Waals surface area contributed by atoms with Gasteiger partial charge >= 0.3 is 6.09 Å². The Hall–Kier alpha value is -3.00. The number of piperidine rings is 1. The largest absolute Gasteiger partial charge is 0.490 e. The van der Waals surface area contributed by atoms with Crippen LogP contribution in [0.4, 0.5) is 4.79 Å². The molecule has 2 aromatic rings. The fourth-order valence-corrected chi connectivity index (χ4v) is 3.19. The molecule has 2 aromatic carbocycles. The first-order valence-electron chi connectivity index (χ1n) is 9.59. The van der Waals surface area contributed by atoms with Crippen LogP contribution in [-0.2, 0) is 4.74 Å². The number of hydrogen-bond acceptors (Lipinski definition) is 4. The summed E-state index contributed by atoms with van der Waals surface area (Å²) in [5.74, 6) is 0.801. The Balaban J connectivity index is 1.60.